The maximum absolute atomic E-state index is 12.8. The van der Waals surface area contributed by atoms with E-state index in [4.69, 9.17) is 15.2 Å². The Morgan fingerprint density at radius 3 is 2.68 bits per heavy atom. The molecule has 0 atom stereocenters. The molecule has 0 amide bonds. The molecule has 0 saturated heterocycles. The van der Waals surface area contributed by atoms with Crippen LogP contribution in [0, 0.1) is 0 Å². The van der Waals surface area contributed by atoms with Gasteiger partial charge in [-0.3, -0.25) is 9.36 Å². The van der Waals surface area contributed by atoms with Crippen molar-refractivity contribution in [2.75, 3.05) is 14.2 Å². The Hall–Kier alpha value is -2.27. The van der Waals surface area contributed by atoms with Crippen LogP contribution in [0.1, 0.15) is 23.2 Å². The van der Waals surface area contributed by atoms with Crippen LogP contribution in [0.25, 0.3) is 5.69 Å². The van der Waals surface area contributed by atoms with Crippen LogP contribution in [-0.4, -0.2) is 18.8 Å². The van der Waals surface area contributed by atoms with E-state index in [0.717, 1.165) is 25.0 Å². The Bertz CT molecular complexity index is 765. The van der Waals surface area contributed by atoms with Gasteiger partial charge in [0.15, 0.2) is 0 Å². The summed E-state index contributed by atoms with van der Waals surface area (Å²) in [6, 6.07) is 7.42. The standard InChI is InChI=1S/C17H20N2O3/c1-21-13-6-7-16(22-2)15(9-13)19-14-5-3-4-11(14)8-12(10-18)17(19)20/h6-9H,3-5,10,18H2,1-2H3. The summed E-state index contributed by atoms with van der Waals surface area (Å²) in [5, 5.41) is 0. The van der Waals surface area contributed by atoms with Crippen molar-refractivity contribution in [1.29, 1.82) is 0 Å². The minimum Gasteiger partial charge on any atom is -0.497 e. The summed E-state index contributed by atoms with van der Waals surface area (Å²) in [5.74, 6) is 1.33. The van der Waals surface area contributed by atoms with Gasteiger partial charge in [-0.15, -0.1) is 0 Å². The van der Waals surface area contributed by atoms with Crippen LogP contribution in [0.2, 0.25) is 0 Å². The van der Waals surface area contributed by atoms with E-state index in [1.807, 2.05) is 24.3 Å². The van der Waals surface area contributed by atoms with Gasteiger partial charge >= 0.3 is 0 Å². The predicted octanol–water partition coefficient (Wildman–Crippen LogP) is 1.80. The molecule has 0 saturated carbocycles. The molecule has 5 nitrogen and oxygen atoms in total. The number of aromatic nitrogens is 1. The average molecular weight is 300 g/mol. The SMILES string of the molecule is COc1ccc(OC)c(-n2c3c(cc(CN)c2=O)CCC3)c1. The van der Waals surface area contributed by atoms with E-state index >= 15 is 0 Å². The first-order chi connectivity index (χ1) is 10.7. The quantitative estimate of drug-likeness (QED) is 0.935. The molecule has 1 aliphatic carbocycles. The number of methoxy groups -OCH3 is 2. The average Bonchev–Trinajstić information content (AvgIpc) is 3.01. The van der Waals surface area contributed by atoms with E-state index in [-0.39, 0.29) is 12.1 Å². The Morgan fingerprint density at radius 2 is 2.00 bits per heavy atom. The van der Waals surface area contributed by atoms with Gasteiger partial charge in [0, 0.05) is 23.9 Å². The first kappa shape index (κ1) is 14.7. The molecule has 0 spiro atoms. The lowest BCUT2D eigenvalue weighted by Crippen LogP contribution is -2.27. The molecule has 2 N–H and O–H groups in total. The van der Waals surface area contributed by atoms with Crippen LogP contribution in [-0.2, 0) is 19.4 Å². The molecule has 0 bridgehead atoms. The molecule has 2 aromatic rings. The lowest BCUT2D eigenvalue weighted by atomic mass is 10.1. The van der Waals surface area contributed by atoms with E-state index in [1.165, 1.54) is 5.56 Å². The zero-order valence-corrected chi connectivity index (χ0v) is 12.9. The van der Waals surface area contributed by atoms with Crippen LogP contribution < -0.4 is 20.8 Å². The van der Waals surface area contributed by atoms with Gasteiger partial charge in [-0.05, 0) is 43.0 Å². The molecule has 3 rings (SSSR count). The third kappa shape index (κ3) is 2.27. The maximum Gasteiger partial charge on any atom is 0.259 e. The smallest absolute Gasteiger partial charge is 0.259 e. The molecule has 1 aliphatic rings. The summed E-state index contributed by atoms with van der Waals surface area (Å²) in [7, 11) is 3.21. The number of hydrogen-bond donors (Lipinski definition) is 1. The Morgan fingerprint density at radius 1 is 1.18 bits per heavy atom. The predicted molar refractivity (Wildman–Crippen MR) is 85.1 cm³/mol. The molecule has 116 valence electrons. The number of hydrogen-bond acceptors (Lipinski definition) is 4. The summed E-state index contributed by atoms with van der Waals surface area (Å²) in [5.41, 5.74) is 9.26. The Balaban J connectivity index is 2.33. The van der Waals surface area contributed by atoms with E-state index in [9.17, 15) is 4.79 Å². The minimum absolute atomic E-state index is 0.0743. The first-order valence-electron chi connectivity index (χ1n) is 7.38. The largest absolute Gasteiger partial charge is 0.497 e. The summed E-state index contributed by atoms with van der Waals surface area (Å²) in [4.78, 5) is 12.8. The van der Waals surface area contributed by atoms with Crippen molar-refractivity contribution in [3.05, 3.63) is 51.4 Å². The number of nitrogens with two attached hydrogens (primary N) is 1. The third-order valence-corrected chi connectivity index (χ3v) is 4.17. The summed E-state index contributed by atoms with van der Waals surface area (Å²) >= 11 is 0. The number of rotatable bonds is 4. The van der Waals surface area contributed by atoms with Gasteiger partial charge in [-0.25, -0.2) is 0 Å². The number of aryl methyl sites for hydroxylation is 1. The van der Waals surface area contributed by atoms with Crippen LogP contribution in [0.5, 0.6) is 11.5 Å². The number of benzene rings is 1. The first-order valence-corrected chi connectivity index (χ1v) is 7.38. The number of nitrogens with zero attached hydrogens (tertiary/aromatic N) is 1. The van der Waals surface area contributed by atoms with Gasteiger partial charge < -0.3 is 15.2 Å². The fourth-order valence-corrected chi connectivity index (χ4v) is 3.07. The molecule has 0 fully saturated rings. The van der Waals surface area contributed by atoms with Crippen LogP contribution in [0.15, 0.2) is 29.1 Å². The molecule has 1 aromatic carbocycles. The van der Waals surface area contributed by atoms with Crippen LogP contribution in [0.4, 0.5) is 0 Å². The van der Waals surface area contributed by atoms with Crippen molar-refractivity contribution in [2.45, 2.75) is 25.8 Å². The van der Waals surface area contributed by atoms with E-state index < -0.39 is 0 Å². The second-order valence-electron chi connectivity index (χ2n) is 5.38. The molecular weight excluding hydrogens is 280 g/mol. The van der Waals surface area contributed by atoms with Gasteiger partial charge in [0.1, 0.15) is 11.5 Å². The fourth-order valence-electron chi connectivity index (χ4n) is 3.07. The van der Waals surface area contributed by atoms with Crippen molar-refractivity contribution < 1.29 is 9.47 Å². The summed E-state index contributed by atoms with van der Waals surface area (Å²) in [6.45, 7) is 0.235. The zero-order chi connectivity index (χ0) is 15.7. The van der Waals surface area contributed by atoms with Crippen LogP contribution in [0.3, 0.4) is 0 Å². The van der Waals surface area contributed by atoms with Gasteiger partial charge in [0.05, 0.1) is 19.9 Å². The van der Waals surface area contributed by atoms with E-state index in [1.54, 1.807) is 18.8 Å². The van der Waals surface area contributed by atoms with E-state index in [2.05, 4.69) is 0 Å². The number of fused-ring (bicyclic) bond motifs is 1. The molecule has 0 unspecified atom stereocenters. The maximum atomic E-state index is 12.8. The highest BCUT2D eigenvalue weighted by atomic mass is 16.5. The van der Waals surface area contributed by atoms with Crippen molar-refractivity contribution in [3.63, 3.8) is 0 Å². The Labute approximate surface area is 129 Å². The number of pyridine rings is 1. The van der Waals surface area contributed by atoms with Gasteiger partial charge in [-0.1, -0.05) is 0 Å². The normalized spacial score (nSPS) is 13.0. The zero-order valence-electron chi connectivity index (χ0n) is 12.9. The Kier molecular flexibility index (Phi) is 3.90. The van der Waals surface area contributed by atoms with E-state index in [0.29, 0.717) is 22.7 Å². The molecular formula is C17H20N2O3. The molecule has 0 radical (unpaired) electrons. The third-order valence-electron chi connectivity index (χ3n) is 4.17. The molecule has 22 heavy (non-hydrogen) atoms. The van der Waals surface area contributed by atoms with Gasteiger partial charge in [0.2, 0.25) is 0 Å². The minimum atomic E-state index is -0.0743. The second kappa shape index (κ2) is 5.85. The molecule has 5 heteroatoms. The van der Waals surface area contributed by atoms with Gasteiger partial charge in [0.25, 0.3) is 5.56 Å². The number of ether oxygens (including phenoxy) is 2. The molecule has 1 heterocycles. The van der Waals surface area contributed by atoms with Crippen LogP contribution >= 0.6 is 0 Å². The lowest BCUT2D eigenvalue weighted by molar-refractivity contribution is 0.401. The van der Waals surface area contributed by atoms with Crippen molar-refractivity contribution in [3.8, 4) is 17.2 Å². The summed E-state index contributed by atoms with van der Waals surface area (Å²) in [6.07, 6.45) is 2.92. The van der Waals surface area contributed by atoms with Gasteiger partial charge in [-0.2, -0.15) is 0 Å². The van der Waals surface area contributed by atoms with Crippen molar-refractivity contribution in [2.24, 2.45) is 5.73 Å². The second-order valence-corrected chi connectivity index (χ2v) is 5.38. The highest BCUT2D eigenvalue weighted by Crippen LogP contribution is 2.31. The summed E-state index contributed by atoms with van der Waals surface area (Å²) < 4.78 is 12.5. The van der Waals surface area contributed by atoms with Crippen molar-refractivity contribution in [1.82, 2.24) is 4.57 Å². The highest BCUT2D eigenvalue weighted by Gasteiger charge is 2.21. The molecule has 1 aromatic heterocycles. The highest BCUT2D eigenvalue weighted by molar-refractivity contribution is 5.53. The topological polar surface area (TPSA) is 66.5 Å². The monoisotopic (exact) mass is 300 g/mol. The van der Waals surface area contributed by atoms with Crippen molar-refractivity contribution >= 4 is 0 Å². The molecule has 0 aliphatic heterocycles. The fraction of sp³-hybridized carbons (Fsp3) is 0.353. The lowest BCUT2D eigenvalue weighted by Gasteiger charge is -2.17.